The molecule has 0 rings (SSSR count). The van der Waals surface area contributed by atoms with Crippen LogP contribution >= 0.6 is 0 Å². The Hall–Kier alpha value is -0.300. The lowest BCUT2D eigenvalue weighted by Gasteiger charge is -1.96. The Morgan fingerprint density at radius 1 is 1.44 bits per heavy atom. The highest BCUT2D eigenvalue weighted by Gasteiger charge is 1.83. The van der Waals surface area contributed by atoms with Gasteiger partial charge in [-0.05, 0) is 6.42 Å². The molecule has 0 heterocycles. The zero-order valence-corrected chi connectivity index (χ0v) is 6.10. The van der Waals surface area contributed by atoms with Gasteiger partial charge in [-0.2, -0.15) is 0 Å². The van der Waals surface area contributed by atoms with Crippen LogP contribution in [0, 0.1) is 6.61 Å². The SMILES string of the molecule is C=C[CH]O[13CH2]CCCC. The van der Waals surface area contributed by atoms with E-state index in [1.54, 1.807) is 12.7 Å². The fourth-order valence-electron chi connectivity index (χ4n) is 0.571. The van der Waals surface area contributed by atoms with Crippen molar-refractivity contribution in [2.24, 2.45) is 0 Å². The number of unbranched alkanes of at least 4 members (excludes halogenated alkanes) is 2. The van der Waals surface area contributed by atoms with Crippen molar-refractivity contribution in [1.82, 2.24) is 0 Å². The minimum absolute atomic E-state index is 0.833. The molecule has 0 aromatic rings. The normalized spacial score (nSPS) is 9.44. The molecule has 0 aromatic carbocycles. The molecule has 0 amide bonds. The van der Waals surface area contributed by atoms with Crippen molar-refractivity contribution in [3.05, 3.63) is 19.3 Å². The van der Waals surface area contributed by atoms with Crippen LogP contribution in [0.4, 0.5) is 0 Å². The van der Waals surface area contributed by atoms with Crippen LogP contribution in [0.25, 0.3) is 0 Å². The third kappa shape index (κ3) is 7.70. The third-order valence-electron chi connectivity index (χ3n) is 1.06. The molecule has 9 heavy (non-hydrogen) atoms. The summed E-state index contributed by atoms with van der Waals surface area (Å²) in [6, 6.07) is 0. The van der Waals surface area contributed by atoms with Gasteiger partial charge in [0.2, 0.25) is 0 Å². The molecule has 0 saturated carbocycles. The number of hydrogen-bond donors (Lipinski definition) is 0. The first-order valence-corrected chi connectivity index (χ1v) is 3.47. The summed E-state index contributed by atoms with van der Waals surface area (Å²) < 4.78 is 5.04. The van der Waals surface area contributed by atoms with E-state index in [0.717, 1.165) is 13.0 Å². The van der Waals surface area contributed by atoms with Gasteiger partial charge in [0.1, 0.15) is 6.61 Å². The van der Waals surface area contributed by atoms with E-state index in [1.165, 1.54) is 12.8 Å². The van der Waals surface area contributed by atoms with Gasteiger partial charge in [-0.15, -0.1) is 6.58 Å². The second-order valence-electron chi connectivity index (χ2n) is 1.95. The van der Waals surface area contributed by atoms with Crippen molar-refractivity contribution in [3.8, 4) is 0 Å². The summed E-state index contributed by atoms with van der Waals surface area (Å²) in [7, 11) is 0. The Morgan fingerprint density at radius 3 is 2.78 bits per heavy atom. The van der Waals surface area contributed by atoms with E-state index in [0.29, 0.717) is 0 Å². The summed E-state index contributed by atoms with van der Waals surface area (Å²) in [4.78, 5) is 0. The molecule has 0 aliphatic heterocycles. The average molecular weight is 128 g/mol. The maximum atomic E-state index is 5.04. The van der Waals surface area contributed by atoms with Gasteiger partial charge < -0.3 is 4.74 Å². The fourth-order valence-corrected chi connectivity index (χ4v) is 0.571. The molecule has 0 unspecified atom stereocenters. The van der Waals surface area contributed by atoms with Crippen molar-refractivity contribution < 1.29 is 4.74 Å². The molecule has 1 heteroatoms. The molecule has 0 aliphatic carbocycles. The van der Waals surface area contributed by atoms with Crippen LogP contribution in [-0.4, -0.2) is 6.61 Å². The standard InChI is InChI=1S/C8H15O/c1-3-5-6-8-9-7-4-2/h4,7H,2-3,5-6,8H2,1H3/i8+1. The smallest absolute Gasteiger partial charge is 0.105 e. The van der Waals surface area contributed by atoms with Gasteiger partial charge in [-0.3, -0.25) is 0 Å². The molecular weight excluding hydrogens is 113 g/mol. The monoisotopic (exact) mass is 128 g/mol. The second-order valence-corrected chi connectivity index (χ2v) is 1.95. The van der Waals surface area contributed by atoms with Crippen LogP contribution in [0.1, 0.15) is 26.2 Å². The Balaban J connectivity index is 2.66. The van der Waals surface area contributed by atoms with Gasteiger partial charge in [0.15, 0.2) is 0 Å². The topological polar surface area (TPSA) is 9.23 Å². The summed E-state index contributed by atoms with van der Waals surface area (Å²) >= 11 is 0. The molecule has 0 bridgehead atoms. The fraction of sp³-hybridized carbons (Fsp3) is 0.625. The maximum Gasteiger partial charge on any atom is 0.105 e. The maximum absolute atomic E-state index is 5.04. The minimum atomic E-state index is 0.833. The summed E-state index contributed by atoms with van der Waals surface area (Å²) in [5.74, 6) is 0. The van der Waals surface area contributed by atoms with E-state index in [-0.39, 0.29) is 0 Å². The Labute approximate surface area is 57.7 Å². The summed E-state index contributed by atoms with van der Waals surface area (Å²) in [5, 5.41) is 0. The minimum Gasteiger partial charge on any atom is -0.371 e. The average Bonchev–Trinajstić information content (AvgIpc) is 1.89. The Bertz CT molecular complexity index is 59.6. The van der Waals surface area contributed by atoms with Crippen molar-refractivity contribution in [2.45, 2.75) is 26.2 Å². The zero-order valence-electron chi connectivity index (χ0n) is 6.10. The van der Waals surface area contributed by atoms with E-state index >= 15 is 0 Å². The molecule has 53 valence electrons. The van der Waals surface area contributed by atoms with E-state index < -0.39 is 0 Å². The number of ether oxygens (including phenoxy) is 1. The van der Waals surface area contributed by atoms with Crippen LogP contribution in [0.2, 0.25) is 0 Å². The lowest BCUT2D eigenvalue weighted by Crippen LogP contribution is -1.88. The van der Waals surface area contributed by atoms with E-state index in [1.807, 2.05) is 0 Å². The lowest BCUT2D eigenvalue weighted by molar-refractivity contribution is 0.209. The predicted octanol–water partition coefficient (Wildman–Crippen LogP) is 2.54. The van der Waals surface area contributed by atoms with Gasteiger partial charge in [0.25, 0.3) is 0 Å². The predicted molar refractivity (Wildman–Crippen MR) is 40.0 cm³/mol. The van der Waals surface area contributed by atoms with Gasteiger partial charge >= 0.3 is 0 Å². The van der Waals surface area contributed by atoms with Gasteiger partial charge in [-0.25, -0.2) is 0 Å². The second kappa shape index (κ2) is 7.70. The largest absolute Gasteiger partial charge is 0.371 e. The van der Waals surface area contributed by atoms with Crippen LogP contribution in [0.5, 0.6) is 0 Å². The van der Waals surface area contributed by atoms with Gasteiger partial charge in [0.05, 0.1) is 0 Å². The van der Waals surface area contributed by atoms with Crippen molar-refractivity contribution in [2.75, 3.05) is 6.61 Å². The first kappa shape index (κ1) is 8.70. The highest BCUT2D eigenvalue weighted by molar-refractivity contribution is 4.76. The van der Waals surface area contributed by atoms with Gasteiger partial charge in [0, 0.05) is 6.61 Å². The highest BCUT2D eigenvalue weighted by Crippen LogP contribution is 1.94. The van der Waals surface area contributed by atoms with E-state index in [9.17, 15) is 0 Å². The van der Waals surface area contributed by atoms with Crippen molar-refractivity contribution in [1.29, 1.82) is 0 Å². The highest BCUT2D eigenvalue weighted by atomic mass is 16.5. The number of rotatable bonds is 6. The van der Waals surface area contributed by atoms with Crippen LogP contribution < -0.4 is 0 Å². The summed E-state index contributed by atoms with van der Waals surface area (Å²) in [5.41, 5.74) is 0. The van der Waals surface area contributed by atoms with E-state index in [4.69, 9.17) is 4.74 Å². The van der Waals surface area contributed by atoms with E-state index in [2.05, 4.69) is 13.5 Å². The molecule has 0 aliphatic rings. The molecule has 0 saturated heterocycles. The Kier molecular flexibility index (Phi) is 7.44. The lowest BCUT2D eigenvalue weighted by atomic mass is 10.3. The Morgan fingerprint density at radius 2 is 2.22 bits per heavy atom. The zero-order chi connectivity index (χ0) is 6.95. The molecule has 0 spiro atoms. The quantitative estimate of drug-likeness (QED) is 0.394. The summed E-state index contributed by atoms with van der Waals surface area (Å²) in [6.45, 7) is 8.14. The van der Waals surface area contributed by atoms with Crippen LogP contribution in [0.15, 0.2) is 12.7 Å². The van der Waals surface area contributed by atoms with Gasteiger partial charge in [-0.1, -0.05) is 25.8 Å². The molecule has 1 radical (unpaired) electrons. The molecule has 1 nitrogen and oxygen atoms in total. The first-order valence-electron chi connectivity index (χ1n) is 3.47. The molecule has 0 fully saturated rings. The van der Waals surface area contributed by atoms with Crippen molar-refractivity contribution >= 4 is 0 Å². The third-order valence-corrected chi connectivity index (χ3v) is 1.06. The van der Waals surface area contributed by atoms with Crippen LogP contribution in [-0.2, 0) is 4.74 Å². The number of hydrogen-bond acceptors (Lipinski definition) is 1. The molecular formula is C8H15O. The van der Waals surface area contributed by atoms with Crippen LogP contribution in [0.3, 0.4) is 0 Å². The molecule has 0 aromatic heterocycles. The first-order chi connectivity index (χ1) is 4.41. The van der Waals surface area contributed by atoms with Crippen molar-refractivity contribution in [3.63, 3.8) is 0 Å². The summed E-state index contributed by atoms with van der Waals surface area (Å²) in [6.07, 6.45) is 5.31. The molecule has 0 atom stereocenters. The molecule has 0 N–H and O–H groups in total.